The van der Waals surface area contributed by atoms with Crippen LogP contribution >= 0.6 is 0 Å². The van der Waals surface area contributed by atoms with Crippen molar-refractivity contribution >= 4 is 5.97 Å². The van der Waals surface area contributed by atoms with Crippen LogP contribution in [0.4, 0.5) is 0 Å². The maximum Gasteiger partial charge on any atom is 0.302 e. The molecule has 1 N–H and O–H groups in total. The van der Waals surface area contributed by atoms with Gasteiger partial charge in [0.05, 0.1) is 6.61 Å². The highest BCUT2D eigenvalue weighted by Crippen LogP contribution is 1.90. The Bertz CT molecular complexity index is 92.4. The smallest absolute Gasteiger partial charge is 0.302 e. The van der Waals surface area contributed by atoms with E-state index in [2.05, 4.69) is 0 Å². The molecule has 0 aliphatic carbocycles. The van der Waals surface area contributed by atoms with Crippen LogP contribution in [0.15, 0.2) is 0 Å². The molecule has 0 saturated heterocycles. The van der Waals surface area contributed by atoms with Crippen molar-refractivity contribution in [3.63, 3.8) is 0 Å². The Morgan fingerprint density at radius 1 is 1.55 bits per heavy atom. The van der Waals surface area contributed by atoms with Crippen LogP contribution in [0.1, 0.15) is 13.8 Å². The molecule has 0 aliphatic rings. The molecule has 4 nitrogen and oxygen atoms in total. The number of ether oxygens (including phenoxy) is 2. The first kappa shape index (κ1) is 13.0. The van der Waals surface area contributed by atoms with Gasteiger partial charge >= 0.3 is 5.97 Å². The van der Waals surface area contributed by atoms with E-state index in [0.29, 0.717) is 6.61 Å². The Balaban J connectivity index is 0. The minimum Gasteiger partial charge on any atom is -0.460 e. The summed E-state index contributed by atoms with van der Waals surface area (Å²) in [5.41, 5.74) is 0. The highest BCUT2D eigenvalue weighted by Gasteiger charge is 2.02. The van der Waals surface area contributed by atoms with Crippen molar-refractivity contribution in [3.8, 4) is 0 Å². The minimum atomic E-state index is -0.264. The standard InChI is InChI=1S/C6H12O3.CH4O/c1-5(4-8-3)9-6(2)7;1-2/h5H,4H2,1-3H3;2H,1H3. The summed E-state index contributed by atoms with van der Waals surface area (Å²) in [7, 11) is 2.57. The summed E-state index contributed by atoms with van der Waals surface area (Å²) < 4.78 is 9.45. The lowest BCUT2D eigenvalue weighted by molar-refractivity contribution is -0.147. The lowest BCUT2D eigenvalue weighted by atomic mass is 10.4. The quantitative estimate of drug-likeness (QED) is 0.605. The Morgan fingerprint density at radius 3 is 2.27 bits per heavy atom. The summed E-state index contributed by atoms with van der Waals surface area (Å²) in [6, 6.07) is 0. The summed E-state index contributed by atoms with van der Waals surface area (Å²) in [5.74, 6) is -0.264. The second kappa shape index (κ2) is 9.39. The van der Waals surface area contributed by atoms with Crippen LogP contribution in [0.25, 0.3) is 0 Å². The first-order valence-corrected chi connectivity index (χ1v) is 3.27. The fourth-order valence-electron chi connectivity index (χ4n) is 0.552. The molecule has 1 unspecified atom stereocenters. The van der Waals surface area contributed by atoms with E-state index < -0.39 is 0 Å². The number of esters is 1. The summed E-state index contributed by atoms with van der Waals surface area (Å²) in [5, 5.41) is 7.00. The molecule has 0 spiro atoms. The van der Waals surface area contributed by atoms with Gasteiger partial charge in [-0.05, 0) is 6.92 Å². The van der Waals surface area contributed by atoms with Crippen molar-refractivity contribution in [1.29, 1.82) is 0 Å². The highest BCUT2D eigenvalue weighted by atomic mass is 16.6. The Hall–Kier alpha value is -0.610. The molecule has 0 bridgehead atoms. The van der Waals surface area contributed by atoms with Gasteiger partial charge in [0.1, 0.15) is 6.10 Å². The van der Waals surface area contributed by atoms with Crippen molar-refractivity contribution < 1.29 is 19.4 Å². The highest BCUT2D eigenvalue weighted by molar-refractivity contribution is 5.66. The van der Waals surface area contributed by atoms with E-state index in [1.165, 1.54) is 6.92 Å². The number of rotatable bonds is 3. The van der Waals surface area contributed by atoms with Gasteiger partial charge in [-0.25, -0.2) is 0 Å². The number of methoxy groups -OCH3 is 1. The molecule has 0 aromatic carbocycles. The van der Waals surface area contributed by atoms with Gasteiger partial charge in [-0.3, -0.25) is 4.79 Å². The first-order valence-electron chi connectivity index (χ1n) is 3.27. The van der Waals surface area contributed by atoms with E-state index in [-0.39, 0.29) is 12.1 Å². The van der Waals surface area contributed by atoms with E-state index in [1.807, 2.05) is 0 Å². The number of hydrogen-bond donors (Lipinski definition) is 1. The maximum atomic E-state index is 10.3. The predicted octanol–water partition coefficient (Wildman–Crippen LogP) is 0.193. The van der Waals surface area contributed by atoms with Crippen LogP contribution in [0, 0.1) is 0 Å². The molecule has 0 radical (unpaired) electrons. The third kappa shape index (κ3) is 12.6. The monoisotopic (exact) mass is 164 g/mol. The molecule has 0 aromatic rings. The second-order valence-electron chi connectivity index (χ2n) is 1.88. The molecule has 1 atom stereocenters. The molecular formula is C7H16O4. The largest absolute Gasteiger partial charge is 0.460 e. The molecule has 4 heteroatoms. The van der Waals surface area contributed by atoms with Gasteiger partial charge in [-0.2, -0.15) is 0 Å². The van der Waals surface area contributed by atoms with Crippen molar-refractivity contribution in [1.82, 2.24) is 0 Å². The van der Waals surface area contributed by atoms with Crippen molar-refractivity contribution in [2.24, 2.45) is 0 Å². The van der Waals surface area contributed by atoms with Gasteiger partial charge in [-0.15, -0.1) is 0 Å². The Kier molecular flexibility index (Phi) is 11.1. The van der Waals surface area contributed by atoms with Crippen molar-refractivity contribution in [2.75, 3.05) is 20.8 Å². The molecule has 0 heterocycles. The summed E-state index contributed by atoms with van der Waals surface area (Å²) in [4.78, 5) is 10.3. The minimum absolute atomic E-state index is 0.132. The van der Waals surface area contributed by atoms with Gasteiger partial charge in [0.15, 0.2) is 0 Å². The summed E-state index contributed by atoms with van der Waals surface area (Å²) in [6.07, 6.45) is -0.132. The zero-order valence-corrected chi connectivity index (χ0v) is 7.46. The van der Waals surface area contributed by atoms with Crippen LogP contribution in [0.5, 0.6) is 0 Å². The van der Waals surface area contributed by atoms with E-state index in [4.69, 9.17) is 14.6 Å². The molecule has 11 heavy (non-hydrogen) atoms. The number of aliphatic hydroxyl groups is 1. The molecule has 68 valence electrons. The fourth-order valence-corrected chi connectivity index (χ4v) is 0.552. The zero-order chi connectivity index (χ0) is 9.28. The van der Waals surface area contributed by atoms with Gasteiger partial charge in [0, 0.05) is 21.1 Å². The SMILES string of the molecule is CO.COCC(C)OC(C)=O. The molecule has 0 aliphatic heterocycles. The Morgan fingerprint density at radius 2 is 2.00 bits per heavy atom. The normalized spacial score (nSPS) is 11.0. The van der Waals surface area contributed by atoms with Crippen LogP contribution in [0.3, 0.4) is 0 Å². The average Bonchev–Trinajstić information content (AvgIpc) is 1.91. The van der Waals surface area contributed by atoms with Crippen LogP contribution in [-0.2, 0) is 14.3 Å². The first-order chi connectivity index (χ1) is 5.16. The van der Waals surface area contributed by atoms with Gasteiger partial charge in [0.2, 0.25) is 0 Å². The average molecular weight is 164 g/mol. The number of hydrogen-bond acceptors (Lipinski definition) is 4. The maximum absolute atomic E-state index is 10.3. The van der Waals surface area contributed by atoms with Crippen LogP contribution in [-0.4, -0.2) is 38.0 Å². The van der Waals surface area contributed by atoms with Gasteiger partial charge < -0.3 is 14.6 Å². The lowest BCUT2D eigenvalue weighted by Gasteiger charge is -2.08. The summed E-state index contributed by atoms with van der Waals surface area (Å²) >= 11 is 0. The van der Waals surface area contributed by atoms with Crippen molar-refractivity contribution in [2.45, 2.75) is 20.0 Å². The third-order valence-corrected chi connectivity index (χ3v) is 0.769. The second-order valence-corrected chi connectivity index (χ2v) is 1.88. The van der Waals surface area contributed by atoms with Crippen LogP contribution < -0.4 is 0 Å². The molecule has 0 fully saturated rings. The molecular weight excluding hydrogens is 148 g/mol. The molecule has 0 aromatic heterocycles. The van der Waals surface area contributed by atoms with E-state index in [9.17, 15) is 4.79 Å². The number of carbonyl (C=O) groups is 1. The third-order valence-electron chi connectivity index (χ3n) is 0.769. The number of aliphatic hydroxyl groups excluding tert-OH is 1. The van der Waals surface area contributed by atoms with E-state index >= 15 is 0 Å². The lowest BCUT2D eigenvalue weighted by Crippen LogP contribution is -2.17. The number of carbonyl (C=O) groups excluding carboxylic acids is 1. The fraction of sp³-hybridized carbons (Fsp3) is 0.857. The molecule has 0 saturated carbocycles. The van der Waals surface area contributed by atoms with E-state index in [1.54, 1.807) is 14.0 Å². The predicted molar refractivity (Wildman–Crippen MR) is 41.2 cm³/mol. The molecule has 0 rings (SSSR count). The zero-order valence-electron chi connectivity index (χ0n) is 7.46. The Labute approximate surface area is 67.1 Å². The topological polar surface area (TPSA) is 55.8 Å². The van der Waals surface area contributed by atoms with E-state index in [0.717, 1.165) is 7.11 Å². The summed E-state index contributed by atoms with van der Waals surface area (Å²) in [6.45, 7) is 3.62. The van der Waals surface area contributed by atoms with Crippen LogP contribution in [0.2, 0.25) is 0 Å². The van der Waals surface area contributed by atoms with Gasteiger partial charge in [-0.1, -0.05) is 0 Å². The van der Waals surface area contributed by atoms with Gasteiger partial charge in [0.25, 0.3) is 0 Å². The van der Waals surface area contributed by atoms with Crippen molar-refractivity contribution in [3.05, 3.63) is 0 Å². The molecule has 0 amide bonds.